The summed E-state index contributed by atoms with van der Waals surface area (Å²) in [7, 11) is 0. The largest absolute Gasteiger partial charge is 0.478 e. The van der Waals surface area contributed by atoms with Crippen LogP contribution < -0.4 is 0 Å². The summed E-state index contributed by atoms with van der Waals surface area (Å²) in [5, 5.41) is 23.6. The quantitative estimate of drug-likeness (QED) is 0.668. The monoisotopic (exact) mass is 261 g/mol. The molecule has 0 radical (unpaired) electrons. The highest BCUT2D eigenvalue weighted by Gasteiger charge is 2.13. The Morgan fingerprint density at radius 1 is 1.53 bits per heavy atom. The molecule has 0 amide bonds. The normalized spacial score (nSPS) is 10.4. The summed E-state index contributed by atoms with van der Waals surface area (Å²) in [6.07, 6.45) is 1.27. The fourth-order valence-electron chi connectivity index (χ4n) is 1.76. The van der Waals surface area contributed by atoms with Gasteiger partial charge in [0.05, 0.1) is 23.4 Å². The summed E-state index contributed by atoms with van der Waals surface area (Å²) in [6, 6.07) is 6.17. The SMILES string of the molecule is Cc1c(C(=O)O)cnn1Cc1cccc([N+](=O)[O-])c1. The van der Waals surface area contributed by atoms with E-state index in [2.05, 4.69) is 5.10 Å². The second-order valence-corrected chi connectivity index (χ2v) is 4.03. The maximum Gasteiger partial charge on any atom is 0.339 e. The van der Waals surface area contributed by atoms with Crippen LogP contribution in [0.3, 0.4) is 0 Å². The maximum atomic E-state index is 10.9. The number of carboxylic acids is 1. The molecule has 0 saturated carbocycles. The lowest BCUT2D eigenvalue weighted by Crippen LogP contribution is -2.06. The van der Waals surface area contributed by atoms with Crippen LogP contribution >= 0.6 is 0 Å². The van der Waals surface area contributed by atoms with Crippen LogP contribution in [0, 0.1) is 17.0 Å². The van der Waals surface area contributed by atoms with Crippen LogP contribution in [0.25, 0.3) is 0 Å². The molecule has 0 aliphatic carbocycles. The van der Waals surface area contributed by atoms with Crippen molar-refractivity contribution in [2.75, 3.05) is 0 Å². The van der Waals surface area contributed by atoms with Crippen molar-refractivity contribution in [3.05, 3.63) is 57.4 Å². The van der Waals surface area contributed by atoms with Crippen molar-refractivity contribution in [2.45, 2.75) is 13.5 Å². The van der Waals surface area contributed by atoms with Crippen molar-refractivity contribution >= 4 is 11.7 Å². The minimum Gasteiger partial charge on any atom is -0.478 e. The molecule has 0 atom stereocenters. The summed E-state index contributed by atoms with van der Waals surface area (Å²) in [5.41, 5.74) is 1.34. The number of nitro groups is 1. The first-order valence-corrected chi connectivity index (χ1v) is 5.48. The molecule has 0 spiro atoms. The van der Waals surface area contributed by atoms with Crippen molar-refractivity contribution in [1.29, 1.82) is 0 Å². The Labute approximate surface area is 108 Å². The van der Waals surface area contributed by atoms with Crippen LogP contribution in [-0.4, -0.2) is 25.8 Å². The van der Waals surface area contributed by atoms with Gasteiger partial charge in [-0.1, -0.05) is 12.1 Å². The minimum absolute atomic E-state index is 0.000710. The van der Waals surface area contributed by atoms with Gasteiger partial charge >= 0.3 is 5.97 Å². The minimum atomic E-state index is -1.04. The van der Waals surface area contributed by atoms with E-state index in [1.165, 1.54) is 23.0 Å². The first-order chi connectivity index (χ1) is 8.99. The molecule has 1 aromatic carbocycles. The van der Waals surface area contributed by atoms with E-state index in [1.54, 1.807) is 19.1 Å². The zero-order valence-corrected chi connectivity index (χ0v) is 10.1. The van der Waals surface area contributed by atoms with Crippen molar-refractivity contribution in [2.24, 2.45) is 0 Å². The third kappa shape index (κ3) is 2.59. The van der Waals surface area contributed by atoms with Gasteiger partial charge in [0.2, 0.25) is 0 Å². The van der Waals surface area contributed by atoms with E-state index in [4.69, 9.17) is 5.11 Å². The maximum absolute atomic E-state index is 10.9. The molecule has 0 aliphatic heterocycles. The lowest BCUT2D eigenvalue weighted by molar-refractivity contribution is -0.384. The summed E-state index contributed by atoms with van der Waals surface area (Å²) in [5.74, 6) is -1.04. The molecule has 0 fully saturated rings. The molecule has 1 heterocycles. The number of carbonyl (C=O) groups is 1. The van der Waals surface area contributed by atoms with E-state index < -0.39 is 10.9 Å². The average Bonchev–Trinajstić information content (AvgIpc) is 2.71. The van der Waals surface area contributed by atoms with Gasteiger partial charge in [0, 0.05) is 12.1 Å². The van der Waals surface area contributed by atoms with Gasteiger partial charge in [-0.25, -0.2) is 4.79 Å². The van der Waals surface area contributed by atoms with Gasteiger partial charge < -0.3 is 5.11 Å². The molecule has 0 bridgehead atoms. The van der Waals surface area contributed by atoms with E-state index >= 15 is 0 Å². The molecular formula is C12H11N3O4. The predicted octanol–water partition coefficient (Wildman–Crippen LogP) is 1.85. The zero-order chi connectivity index (χ0) is 14.0. The van der Waals surface area contributed by atoms with Crippen molar-refractivity contribution in [3.8, 4) is 0 Å². The van der Waals surface area contributed by atoms with Gasteiger partial charge in [-0.15, -0.1) is 0 Å². The van der Waals surface area contributed by atoms with Crippen LogP contribution in [0.1, 0.15) is 21.6 Å². The van der Waals surface area contributed by atoms with Gasteiger partial charge in [-0.3, -0.25) is 14.8 Å². The summed E-state index contributed by atoms with van der Waals surface area (Å²) >= 11 is 0. The molecule has 1 aromatic heterocycles. The third-order valence-electron chi connectivity index (χ3n) is 2.79. The lowest BCUT2D eigenvalue weighted by atomic mass is 10.2. The molecule has 1 N–H and O–H groups in total. The van der Waals surface area contributed by atoms with Crippen LogP contribution in [0.4, 0.5) is 5.69 Å². The van der Waals surface area contributed by atoms with E-state index in [0.29, 0.717) is 17.8 Å². The van der Waals surface area contributed by atoms with Gasteiger partial charge in [0.25, 0.3) is 5.69 Å². The average molecular weight is 261 g/mol. The molecule has 2 rings (SSSR count). The number of hydrogen-bond donors (Lipinski definition) is 1. The second-order valence-electron chi connectivity index (χ2n) is 4.03. The molecule has 0 saturated heterocycles. The van der Waals surface area contributed by atoms with E-state index in [0.717, 1.165) is 0 Å². The van der Waals surface area contributed by atoms with Crippen molar-refractivity contribution < 1.29 is 14.8 Å². The van der Waals surface area contributed by atoms with Gasteiger partial charge in [0.15, 0.2) is 0 Å². The smallest absolute Gasteiger partial charge is 0.339 e. The highest BCUT2D eigenvalue weighted by Crippen LogP contribution is 2.15. The van der Waals surface area contributed by atoms with Crippen molar-refractivity contribution in [3.63, 3.8) is 0 Å². The topological polar surface area (TPSA) is 98.3 Å². The van der Waals surface area contributed by atoms with Crippen LogP contribution in [-0.2, 0) is 6.54 Å². The number of rotatable bonds is 4. The fraction of sp³-hybridized carbons (Fsp3) is 0.167. The Morgan fingerprint density at radius 3 is 2.84 bits per heavy atom. The summed E-state index contributed by atoms with van der Waals surface area (Å²) < 4.78 is 1.50. The lowest BCUT2D eigenvalue weighted by Gasteiger charge is -2.04. The van der Waals surface area contributed by atoms with E-state index in [1.807, 2.05) is 0 Å². The second kappa shape index (κ2) is 4.89. The summed E-state index contributed by atoms with van der Waals surface area (Å²) in [6.45, 7) is 1.94. The van der Waals surface area contributed by atoms with E-state index in [9.17, 15) is 14.9 Å². The third-order valence-corrected chi connectivity index (χ3v) is 2.79. The Bertz CT molecular complexity index is 648. The Morgan fingerprint density at radius 2 is 2.26 bits per heavy atom. The Balaban J connectivity index is 2.29. The molecule has 19 heavy (non-hydrogen) atoms. The Kier molecular flexibility index (Phi) is 3.28. The number of hydrogen-bond acceptors (Lipinski definition) is 4. The highest BCUT2D eigenvalue weighted by molar-refractivity contribution is 5.88. The van der Waals surface area contributed by atoms with Gasteiger partial charge in [-0.05, 0) is 12.5 Å². The Hall–Kier alpha value is -2.70. The van der Waals surface area contributed by atoms with Crippen LogP contribution in [0.2, 0.25) is 0 Å². The molecule has 0 aliphatic rings. The number of aromatic nitrogens is 2. The first-order valence-electron chi connectivity index (χ1n) is 5.48. The molecule has 7 heteroatoms. The standard InChI is InChI=1S/C12H11N3O4/c1-8-11(12(16)17)6-13-14(8)7-9-3-2-4-10(5-9)15(18)19/h2-6H,7H2,1H3,(H,16,17). The van der Waals surface area contributed by atoms with Crippen LogP contribution in [0.5, 0.6) is 0 Å². The number of carboxylic acid groups (broad SMARTS) is 1. The molecule has 2 aromatic rings. The summed E-state index contributed by atoms with van der Waals surface area (Å²) in [4.78, 5) is 21.1. The van der Waals surface area contributed by atoms with Crippen LogP contribution in [0.15, 0.2) is 30.5 Å². The zero-order valence-electron chi connectivity index (χ0n) is 10.1. The number of nitrogens with zero attached hydrogens (tertiary/aromatic N) is 3. The fourth-order valence-corrected chi connectivity index (χ4v) is 1.76. The highest BCUT2D eigenvalue weighted by atomic mass is 16.6. The first kappa shape index (κ1) is 12.7. The van der Waals surface area contributed by atoms with Gasteiger partial charge in [0.1, 0.15) is 5.56 Å². The molecule has 98 valence electrons. The number of aromatic carboxylic acids is 1. The number of non-ortho nitro benzene ring substituents is 1. The molecular weight excluding hydrogens is 250 g/mol. The van der Waals surface area contributed by atoms with Gasteiger partial charge in [-0.2, -0.15) is 5.10 Å². The molecule has 0 unspecified atom stereocenters. The number of benzene rings is 1. The molecule has 7 nitrogen and oxygen atoms in total. The van der Waals surface area contributed by atoms with E-state index in [-0.39, 0.29) is 11.3 Å². The predicted molar refractivity (Wildman–Crippen MR) is 66.1 cm³/mol. The van der Waals surface area contributed by atoms with Crippen molar-refractivity contribution in [1.82, 2.24) is 9.78 Å². The number of nitro benzene ring substituents is 1.